The van der Waals surface area contributed by atoms with Crippen molar-refractivity contribution in [2.24, 2.45) is 0 Å². The molecule has 0 amide bonds. The van der Waals surface area contributed by atoms with Gasteiger partial charge in [-0.2, -0.15) is 0 Å². The van der Waals surface area contributed by atoms with E-state index in [4.69, 9.17) is 0 Å². The number of benzene rings is 1. The lowest BCUT2D eigenvalue weighted by Crippen LogP contribution is -1.62. The first-order valence-corrected chi connectivity index (χ1v) is 4.70. The lowest BCUT2D eigenvalue weighted by Gasteiger charge is -1.91. The van der Waals surface area contributed by atoms with Crippen LogP contribution in [0.2, 0.25) is 0 Å². The molecule has 0 aliphatic carbocycles. The number of hydrogen-bond acceptors (Lipinski definition) is 1. The van der Waals surface area contributed by atoms with E-state index >= 15 is 0 Å². The molecule has 0 atom stereocenters. The molecule has 2 heteroatoms. The van der Waals surface area contributed by atoms with Crippen LogP contribution in [0.4, 0.5) is 0 Å². The van der Waals surface area contributed by atoms with Crippen molar-refractivity contribution in [2.45, 2.75) is 4.90 Å². The summed E-state index contributed by atoms with van der Waals surface area (Å²) in [5.41, 5.74) is 0. The zero-order valence-corrected chi connectivity index (χ0v) is 7.73. The number of thioether (sulfide) groups is 1. The molecule has 0 aliphatic heterocycles. The molecule has 0 N–H and O–H groups in total. The van der Waals surface area contributed by atoms with Crippen LogP contribution >= 0.6 is 27.7 Å². The highest BCUT2D eigenvalue weighted by Crippen LogP contribution is 2.18. The van der Waals surface area contributed by atoms with Gasteiger partial charge >= 0.3 is 0 Å². The minimum Gasteiger partial charge on any atom is -0.0975 e. The molecule has 0 nitrogen and oxygen atoms in total. The maximum atomic E-state index is 3.21. The average Bonchev–Trinajstić information content (AvgIpc) is 2.03. The van der Waals surface area contributed by atoms with E-state index in [2.05, 4.69) is 28.1 Å². The van der Waals surface area contributed by atoms with Crippen LogP contribution in [0.1, 0.15) is 0 Å². The fraction of sp³-hybridized carbons (Fsp3) is 0. The van der Waals surface area contributed by atoms with Gasteiger partial charge in [-0.25, -0.2) is 0 Å². The molecular formula is C8H7BrS. The molecule has 0 aliphatic rings. The predicted molar refractivity (Wildman–Crippen MR) is 50.4 cm³/mol. The summed E-state index contributed by atoms with van der Waals surface area (Å²) in [5.74, 6) is 0. The van der Waals surface area contributed by atoms with Crippen molar-refractivity contribution in [2.75, 3.05) is 0 Å². The first-order valence-electron chi connectivity index (χ1n) is 2.90. The number of hydrogen-bond donors (Lipinski definition) is 0. The Morgan fingerprint density at radius 3 is 2.50 bits per heavy atom. The average molecular weight is 215 g/mol. The lowest BCUT2D eigenvalue weighted by molar-refractivity contribution is 1.47. The summed E-state index contributed by atoms with van der Waals surface area (Å²) >= 11 is 4.90. The smallest absolute Gasteiger partial charge is 0.0116 e. The van der Waals surface area contributed by atoms with Crippen molar-refractivity contribution in [1.82, 2.24) is 0 Å². The Bertz CT molecular complexity index is 206. The molecule has 1 rings (SSSR count). The highest BCUT2D eigenvalue weighted by molar-refractivity contribution is 9.11. The molecule has 0 saturated carbocycles. The summed E-state index contributed by atoms with van der Waals surface area (Å²) < 4.78 is 0. The predicted octanol–water partition coefficient (Wildman–Crippen LogP) is 3.64. The van der Waals surface area contributed by atoms with Gasteiger partial charge in [0.15, 0.2) is 0 Å². The van der Waals surface area contributed by atoms with Crippen LogP contribution in [-0.4, -0.2) is 0 Å². The van der Waals surface area contributed by atoms with Gasteiger partial charge in [-0.1, -0.05) is 45.9 Å². The van der Waals surface area contributed by atoms with Gasteiger partial charge in [0.05, 0.1) is 0 Å². The van der Waals surface area contributed by atoms with E-state index in [1.807, 2.05) is 28.6 Å². The van der Waals surface area contributed by atoms with Gasteiger partial charge in [-0.15, -0.1) is 0 Å². The topological polar surface area (TPSA) is 0 Å². The Morgan fingerprint density at radius 2 is 1.90 bits per heavy atom. The maximum absolute atomic E-state index is 3.21. The second-order valence-corrected chi connectivity index (χ2v) is 3.20. The van der Waals surface area contributed by atoms with Gasteiger partial charge in [0.25, 0.3) is 0 Å². The van der Waals surface area contributed by atoms with E-state index in [0.717, 1.165) is 0 Å². The Labute approximate surface area is 73.5 Å². The molecule has 1 aromatic rings. The van der Waals surface area contributed by atoms with Crippen LogP contribution in [0.15, 0.2) is 45.6 Å². The normalized spacial score (nSPS) is 10.5. The van der Waals surface area contributed by atoms with Crippen molar-refractivity contribution < 1.29 is 0 Å². The largest absolute Gasteiger partial charge is 0.0975 e. The van der Waals surface area contributed by atoms with Crippen LogP contribution < -0.4 is 0 Å². The van der Waals surface area contributed by atoms with Crippen molar-refractivity contribution in [1.29, 1.82) is 0 Å². The highest BCUT2D eigenvalue weighted by Gasteiger charge is 1.83. The molecule has 0 saturated heterocycles. The number of halogens is 1. The molecule has 0 radical (unpaired) electrons. The Morgan fingerprint density at radius 1 is 1.20 bits per heavy atom. The fourth-order valence-electron chi connectivity index (χ4n) is 0.603. The van der Waals surface area contributed by atoms with E-state index in [9.17, 15) is 0 Å². The van der Waals surface area contributed by atoms with E-state index < -0.39 is 0 Å². The van der Waals surface area contributed by atoms with Gasteiger partial charge in [-0.05, 0) is 22.5 Å². The van der Waals surface area contributed by atoms with Gasteiger partial charge < -0.3 is 0 Å². The summed E-state index contributed by atoms with van der Waals surface area (Å²) in [7, 11) is 0. The highest BCUT2D eigenvalue weighted by atomic mass is 79.9. The van der Waals surface area contributed by atoms with Gasteiger partial charge in [0.2, 0.25) is 0 Å². The first kappa shape index (κ1) is 7.89. The Balaban J connectivity index is 2.59. The van der Waals surface area contributed by atoms with Crippen LogP contribution in [0.5, 0.6) is 0 Å². The van der Waals surface area contributed by atoms with Crippen LogP contribution in [0, 0.1) is 0 Å². The molecule has 52 valence electrons. The van der Waals surface area contributed by atoms with Crippen LogP contribution in [0.25, 0.3) is 0 Å². The molecule has 0 bridgehead atoms. The van der Waals surface area contributed by atoms with Gasteiger partial charge in [0.1, 0.15) is 0 Å². The zero-order chi connectivity index (χ0) is 7.23. The first-order chi connectivity index (χ1) is 4.93. The summed E-state index contributed by atoms with van der Waals surface area (Å²) in [6.45, 7) is 0. The molecule has 0 fully saturated rings. The minimum absolute atomic E-state index is 1.26. The minimum atomic E-state index is 1.26. The van der Waals surface area contributed by atoms with Crippen molar-refractivity contribution >= 4 is 27.7 Å². The molecule has 0 spiro atoms. The summed E-state index contributed by atoms with van der Waals surface area (Å²) in [4.78, 5) is 3.11. The van der Waals surface area contributed by atoms with E-state index in [1.54, 1.807) is 11.8 Å². The maximum Gasteiger partial charge on any atom is 0.0116 e. The SMILES string of the molecule is BrC=CSc1ccccc1. The van der Waals surface area contributed by atoms with Crippen LogP contribution in [-0.2, 0) is 0 Å². The van der Waals surface area contributed by atoms with E-state index in [0.29, 0.717) is 0 Å². The fourth-order valence-corrected chi connectivity index (χ4v) is 1.45. The van der Waals surface area contributed by atoms with Gasteiger partial charge in [-0.3, -0.25) is 0 Å². The quantitative estimate of drug-likeness (QED) is 0.678. The second kappa shape index (κ2) is 4.58. The number of rotatable bonds is 2. The van der Waals surface area contributed by atoms with Crippen molar-refractivity contribution in [3.63, 3.8) is 0 Å². The Hall–Kier alpha value is -0.210. The van der Waals surface area contributed by atoms with E-state index in [1.165, 1.54) is 4.90 Å². The second-order valence-electron chi connectivity index (χ2n) is 1.69. The molecule has 0 unspecified atom stereocenters. The summed E-state index contributed by atoms with van der Waals surface area (Å²) in [6.07, 6.45) is 0. The van der Waals surface area contributed by atoms with Gasteiger partial charge in [0, 0.05) is 4.90 Å². The molecular weight excluding hydrogens is 208 g/mol. The lowest BCUT2D eigenvalue weighted by atomic mass is 10.4. The van der Waals surface area contributed by atoms with Crippen molar-refractivity contribution in [3.05, 3.63) is 40.7 Å². The molecule has 10 heavy (non-hydrogen) atoms. The Kier molecular flexibility index (Phi) is 3.62. The van der Waals surface area contributed by atoms with Crippen LogP contribution in [0.3, 0.4) is 0 Å². The standard InChI is InChI=1S/C8H7BrS/c9-6-7-10-8-4-2-1-3-5-8/h1-7H. The van der Waals surface area contributed by atoms with E-state index in [-0.39, 0.29) is 0 Å². The third-order valence-electron chi connectivity index (χ3n) is 0.999. The summed E-state index contributed by atoms with van der Waals surface area (Å²) in [6, 6.07) is 10.2. The molecule has 1 aromatic carbocycles. The third-order valence-corrected chi connectivity index (χ3v) is 2.43. The zero-order valence-electron chi connectivity index (χ0n) is 5.33. The third kappa shape index (κ3) is 2.58. The monoisotopic (exact) mass is 214 g/mol. The summed E-state index contributed by atoms with van der Waals surface area (Å²) in [5, 5.41) is 2.00. The molecule has 0 heterocycles. The molecule has 0 aromatic heterocycles. The van der Waals surface area contributed by atoms with Crippen molar-refractivity contribution in [3.8, 4) is 0 Å².